The third kappa shape index (κ3) is 3.69. The Bertz CT molecular complexity index is 1090. The smallest absolute Gasteiger partial charge is 0.265 e. The fraction of sp³-hybridized carbons (Fsp3) is 0.375. The van der Waals surface area contributed by atoms with Gasteiger partial charge < -0.3 is 4.90 Å². The maximum absolute atomic E-state index is 13.4. The van der Waals surface area contributed by atoms with Crippen molar-refractivity contribution >= 4 is 16.9 Å². The molecule has 0 N–H and O–H groups in total. The van der Waals surface area contributed by atoms with Crippen molar-refractivity contribution in [2.75, 3.05) is 0 Å². The summed E-state index contributed by atoms with van der Waals surface area (Å²) in [6, 6.07) is 13.8. The van der Waals surface area contributed by atoms with E-state index in [1.807, 2.05) is 48.2 Å². The van der Waals surface area contributed by atoms with E-state index in [1.54, 1.807) is 16.8 Å². The van der Waals surface area contributed by atoms with Gasteiger partial charge in [-0.1, -0.05) is 29.8 Å². The third-order valence-corrected chi connectivity index (χ3v) is 5.97. The molecule has 29 heavy (non-hydrogen) atoms. The molecule has 0 spiro atoms. The second-order valence-corrected chi connectivity index (χ2v) is 8.19. The predicted octanol–water partition coefficient (Wildman–Crippen LogP) is 4.16. The van der Waals surface area contributed by atoms with E-state index in [-0.39, 0.29) is 29.1 Å². The van der Waals surface area contributed by atoms with E-state index in [9.17, 15) is 9.59 Å². The molecular weight excluding hydrogens is 362 g/mol. The fourth-order valence-electron chi connectivity index (χ4n) is 4.34. The number of hydrogen-bond acceptors (Lipinski definition) is 3. The van der Waals surface area contributed by atoms with Gasteiger partial charge in [0.15, 0.2) is 0 Å². The van der Waals surface area contributed by atoms with Gasteiger partial charge in [-0.2, -0.15) is 0 Å². The van der Waals surface area contributed by atoms with E-state index in [1.165, 1.54) is 5.56 Å². The van der Waals surface area contributed by atoms with Gasteiger partial charge in [-0.15, -0.1) is 0 Å². The number of rotatable bonds is 3. The van der Waals surface area contributed by atoms with Crippen LogP contribution in [-0.2, 0) is 6.54 Å². The highest BCUT2D eigenvalue weighted by Gasteiger charge is 2.31. The Morgan fingerprint density at radius 2 is 1.79 bits per heavy atom. The van der Waals surface area contributed by atoms with Gasteiger partial charge in [-0.3, -0.25) is 14.2 Å². The average Bonchev–Trinajstić information content (AvgIpc) is 2.71. The van der Waals surface area contributed by atoms with Crippen LogP contribution in [0.15, 0.2) is 53.5 Å². The molecule has 5 heteroatoms. The minimum absolute atomic E-state index is 0.140. The summed E-state index contributed by atoms with van der Waals surface area (Å²) < 4.78 is 1.63. The number of nitrogens with zero attached hydrogens (tertiary/aromatic N) is 3. The molecule has 1 amide bonds. The van der Waals surface area contributed by atoms with E-state index in [4.69, 9.17) is 0 Å². The molecule has 1 fully saturated rings. The van der Waals surface area contributed by atoms with Crippen LogP contribution in [0.4, 0.5) is 0 Å². The summed E-state index contributed by atoms with van der Waals surface area (Å²) >= 11 is 0. The van der Waals surface area contributed by atoms with Crippen LogP contribution in [-0.4, -0.2) is 32.4 Å². The van der Waals surface area contributed by atoms with E-state index in [0.29, 0.717) is 12.2 Å². The molecular formula is C24H27N3O2. The number of fused-ring (bicyclic) bond motifs is 1. The molecule has 0 saturated carbocycles. The average molecular weight is 389 g/mol. The number of piperidine rings is 1. The highest BCUT2D eigenvalue weighted by molar-refractivity contribution is 5.97. The second kappa shape index (κ2) is 7.82. The van der Waals surface area contributed by atoms with E-state index >= 15 is 0 Å². The molecule has 1 aliphatic rings. The van der Waals surface area contributed by atoms with Crippen molar-refractivity contribution in [1.82, 2.24) is 14.5 Å². The maximum Gasteiger partial charge on any atom is 0.265 e. The van der Waals surface area contributed by atoms with Gasteiger partial charge >= 0.3 is 0 Å². The minimum atomic E-state index is -0.272. The van der Waals surface area contributed by atoms with Crippen molar-refractivity contribution in [3.8, 4) is 0 Å². The summed E-state index contributed by atoms with van der Waals surface area (Å²) in [5.74, 6) is -0.168. The summed E-state index contributed by atoms with van der Waals surface area (Å²) in [6.07, 6.45) is 4.75. The summed E-state index contributed by atoms with van der Waals surface area (Å²) in [5, 5.41) is 0.805. The zero-order valence-corrected chi connectivity index (χ0v) is 17.3. The van der Waals surface area contributed by atoms with Crippen molar-refractivity contribution in [2.45, 2.75) is 58.7 Å². The van der Waals surface area contributed by atoms with Crippen LogP contribution in [0.3, 0.4) is 0 Å². The molecule has 4 rings (SSSR count). The Hall–Kier alpha value is -2.95. The first-order valence-electron chi connectivity index (χ1n) is 10.3. The van der Waals surface area contributed by atoms with Crippen LogP contribution in [0, 0.1) is 6.92 Å². The van der Waals surface area contributed by atoms with Gasteiger partial charge in [0.2, 0.25) is 0 Å². The molecule has 0 unspecified atom stereocenters. The quantitative estimate of drug-likeness (QED) is 0.676. The molecule has 0 bridgehead atoms. The number of aryl methyl sites for hydroxylation is 1. The molecule has 1 saturated heterocycles. The fourth-order valence-corrected chi connectivity index (χ4v) is 4.34. The molecule has 150 valence electrons. The van der Waals surface area contributed by atoms with Crippen molar-refractivity contribution in [3.63, 3.8) is 0 Å². The van der Waals surface area contributed by atoms with Crippen LogP contribution in [0.2, 0.25) is 0 Å². The number of likely N-dealkylation sites (tertiary alicyclic amines) is 1. The number of aromatic nitrogens is 2. The number of pyridine rings is 2. The molecule has 0 radical (unpaired) electrons. The van der Waals surface area contributed by atoms with Crippen molar-refractivity contribution < 1.29 is 4.79 Å². The summed E-state index contributed by atoms with van der Waals surface area (Å²) in [5.41, 5.74) is 2.74. The Morgan fingerprint density at radius 1 is 1.10 bits per heavy atom. The van der Waals surface area contributed by atoms with Gasteiger partial charge in [0.1, 0.15) is 11.2 Å². The Morgan fingerprint density at radius 3 is 2.48 bits per heavy atom. The molecule has 3 heterocycles. The van der Waals surface area contributed by atoms with Gasteiger partial charge in [-0.05, 0) is 63.8 Å². The normalized spacial score (nSPS) is 19.5. The summed E-state index contributed by atoms with van der Waals surface area (Å²) in [6.45, 7) is 6.56. The van der Waals surface area contributed by atoms with Crippen LogP contribution < -0.4 is 5.56 Å². The lowest BCUT2D eigenvalue weighted by molar-refractivity contribution is 0.0508. The lowest BCUT2D eigenvalue weighted by atomic mass is 9.96. The lowest BCUT2D eigenvalue weighted by Gasteiger charge is -2.39. The Balaban J connectivity index is 1.83. The SMILES string of the molecule is Cc1ccc(Cn2c(=O)c(C(=O)N3[C@H](C)CCC[C@@H]3C)cc3cccnc32)cc1. The highest BCUT2D eigenvalue weighted by atomic mass is 16.2. The van der Waals surface area contributed by atoms with E-state index in [0.717, 1.165) is 30.2 Å². The molecule has 1 aromatic carbocycles. The van der Waals surface area contributed by atoms with Gasteiger partial charge in [0.05, 0.1) is 6.54 Å². The number of benzene rings is 1. The van der Waals surface area contributed by atoms with E-state index in [2.05, 4.69) is 18.8 Å². The van der Waals surface area contributed by atoms with Crippen LogP contribution in [0.25, 0.3) is 11.0 Å². The van der Waals surface area contributed by atoms with Crippen LogP contribution >= 0.6 is 0 Å². The molecule has 0 aliphatic carbocycles. The minimum Gasteiger partial charge on any atom is -0.333 e. The predicted molar refractivity (Wildman–Crippen MR) is 115 cm³/mol. The molecule has 5 nitrogen and oxygen atoms in total. The van der Waals surface area contributed by atoms with Crippen LogP contribution in [0.5, 0.6) is 0 Å². The summed E-state index contributed by atoms with van der Waals surface area (Å²) in [7, 11) is 0. The Kier molecular flexibility index (Phi) is 5.22. The van der Waals surface area contributed by atoms with Crippen LogP contribution in [0.1, 0.15) is 54.6 Å². The Labute approximate surface area is 171 Å². The zero-order valence-electron chi connectivity index (χ0n) is 17.3. The number of carbonyl (C=O) groups excluding carboxylic acids is 1. The van der Waals surface area contributed by atoms with Gasteiger partial charge in [0.25, 0.3) is 11.5 Å². The third-order valence-electron chi connectivity index (χ3n) is 5.97. The molecule has 3 aromatic rings. The number of carbonyl (C=O) groups is 1. The molecule has 2 aromatic heterocycles. The van der Waals surface area contributed by atoms with E-state index < -0.39 is 0 Å². The van der Waals surface area contributed by atoms with Gasteiger partial charge in [-0.25, -0.2) is 4.98 Å². The number of hydrogen-bond donors (Lipinski definition) is 0. The molecule has 1 aliphatic heterocycles. The monoisotopic (exact) mass is 389 g/mol. The molecule has 2 atom stereocenters. The van der Waals surface area contributed by atoms with Gasteiger partial charge in [0, 0.05) is 23.7 Å². The first-order chi connectivity index (χ1) is 14.0. The van der Waals surface area contributed by atoms with Crippen molar-refractivity contribution in [2.24, 2.45) is 0 Å². The lowest BCUT2D eigenvalue weighted by Crippen LogP contribution is -2.49. The highest BCUT2D eigenvalue weighted by Crippen LogP contribution is 2.25. The zero-order chi connectivity index (χ0) is 20.5. The standard InChI is InChI=1S/C24H27N3O2/c1-16-9-11-19(12-10-16)15-26-22-20(8-5-13-25-22)14-21(23(26)28)24(29)27-17(2)6-4-7-18(27)3/h5,8-14,17-18H,4,6-7,15H2,1-3H3/t17-,18+. The largest absolute Gasteiger partial charge is 0.333 e. The first-order valence-corrected chi connectivity index (χ1v) is 10.3. The second-order valence-electron chi connectivity index (χ2n) is 8.19. The van der Waals surface area contributed by atoms with Crippen molar-refractivity contribution in [1.29, 1.82) is 0 Å². The maximum atomic E-state index is 13.4. The van der Waals surface area contributed by atoms with Crippen molar-refractivity contribution in [3.05, 3.63) is 75.7 Å². The number of amides is 1. The summed E-state index contributed by atoms with van der Waals surface area (Å²) in [4.78, 5) is 33.2. The topological polar surface area (TPSA) is 55.2 Å². The first kappa shape index (κ1) is 19.4.